The van der Waals surface area contributed by atoms with E-state index in [2.05, 4.69) is 12.2 Å². The van der Waals surface area contributed by atoms with Crippen molar-refractivity contribution in [1.82, 2.24) is 5.32 Å². The van der Waals surface area contributed by atoms with Crippen LogP contribution in [0.4, 0.5) is 0 Å². The molecule has 2 N–H and O–H groups in total. The van der Waals surface area contributed by atoms with Crippen LogP contribution in [0.1, 0.15) is 26.2 Å². The molecule has 0 aromatic heterocycles. The summed E-state index contributed by atoms with van der Waals surface area (Å²) in [5.74, 6) is 2.43. The summed E-state index contributed by atoms with van der Waals surface area (Å²) in [4.78, 5) is 0. The summed E-state index contributed by atoms with van der Waals surface area (Å²) in [6, 6.07) is 0.408. The van der Waals surface area contributed by atoms with E-state index < -0.39 is 0 Å². The third-order valence-electron chi connectivity index (χ3n) is 2.99. The van der Waals surface area contributed by atoms with Gasteiger partial charge in [0.1, 0.15) is 0 Å². The van der Waals surface area contributed by atoms with Crippen LogP contribution in [0.2, 0.25) is 0 Å². The Balaban J connectivity index is 2.50. The van der Waals surface area contributed by atoms with Gasteiger partial charge in [-0.15, -0.1) is 11.6 Å². The van der Waals surface area contributed by atoms with Crippen LogP contribution in [0.25, 0.3) is 0 Å². The quantitative estimate of drug-likeness (QED) is 0.710. The molecule has 0 spiro atoms. The zero-order chi connectivity index (χ0) is 10.6. The average molecular weight is 218 g/mol. The molecule has 0 aliphatic heterocycles. The van der Waals surface area contributed by atoms with Crippen LogP contribution in [0.3, 0.4) is 0 Å². The molecular weight excluding hydrogens is 198 g/mol. The molecule has 0 amide bonds. The van der Waals surface area contributed by atoms with Gasteiger partial charge >= 0.3 is 0 Å². The minimum absolute atomic E-state index is 0.408. The third-order valence-corrected chi connectivity index (χ3v) is 3.52. The summed E-state index contributed by atoms with van der Waals surface area (Å²) in [5.41, 5.74) is 0. The van der Waals surface area contributed by atoms with Gasteiger partial charge < -0.3 is 10.4 Å². The highest BCUT2D eigenvalue weighted by Gasteiger charge is 2.25. The van der Waals surface area contributed by atoms with Crippen molar-refractivity contribution in [2.24, 2.45) is 11.8 Å². The minimum atomic E-state index is 0.408. The molecule has 0 saturated heterocycles. The van der Waals surface area contributed by atoms with Gasteiger partial charge in [-0.25, -0.2) is 0 Å². The molecule has 0 fully saturated rings. The van der Waals surface area contributed by atoms with Crippen molar-refractivity contribution in [1.29, 1.82) is 0 Å². The molecule has 2 nitrogen and oxygen atoms in total. The van der Waals surface area contributed by atoms with E-state index in [4.69, 9.17) is 11.6 Å². The maximum Gasteiger partial charge on any atom is 0.0898 e. The van der Waals surface area contributed by atoms with E-state index in [0.717, 1.165) is 25.1 Å². The summed E-state index contributed by atoms with van der Waals surface area (Å²) < 4.78 is 0. The first-order chi connectivity index (χ1) is 6.67. The Labute approximate surface area is 91.3 Å². The molecule has 1 aliphatic rings. The summed E-state index contributed by atoms with van der Waals surface area (Å²) in [6.07, 6.45) is 4.81. The topological polar surface area (TPSA) is 32.3 Å². The lowest BCUT2D eigenvalue weighted by Gasteiger charge is -2.30. The van der Waals surface area contributed by atoms with E-state index in [1.54, 1.807) is 0 Å². The Kier molecular flexibility index (Phi) is 4.76. The number of nitrogens with one attached hydrogen (secondary N) is 1. The summed E-state index contributed by atoms with van der Waals surface area (Å²) in [7, 11) is 1.96. The first-order valence-electron chi connectivity index (χ1n) is 5.28. The molecule has 0 radical (unpaired) electrons. The van der Waals surface area contributed by atoms with Gasteiger partial charge in [0.05, 0.1) is 5.76 Å². The Bertz CT molecular complexity index is 205. The highest BCUT2D eigenvalue weighted by molar-refractivity contribution is 6.18. The zero-order valence-electron chi connectivity index (χ0n) is 8.96. The standard InChI is InChI=1S/C11H20ClNO/c1-8(7-12)5-9-3-4-10(14)6-11(9)13-2/h4,8-9,11,13-14H,3,5-7H2,1-2H3/t8-,9?,11?/m1/s1. The van der Waals surface area contributed by atoms with Crippen molar-refractivity contribution in [2.45, 2.75) is 32.2 Å². The number of hydrogen-bond acceptors (Lipinski definition) is 2. The third kappa shape index (κ3) is 3.18. The number of aliphatic hydroxyl groups excluding tert-OH is 1. The molecule has 0 heterocycles. The number of alkyl halides is 1. The lowest BCUT2D eigenvalue weighted by atomic mass is 9.82. The largest absolute Gasteiger partial charge is 0.513 e. The molecule has 0 aromatic rings. The highest BCUT2D eigenvalue weighted by Crippen LogP contribution is 2.28. The number of halogens is 1. The van der Waals surface area contributed by atoms with Gasteiger partial charge in [-0.3, -0.25) is 0 Å². The molecule has 1 rings (SSSR count). The van der Waals surface area contributed by atoms with Crippen LogP contribution in [-0.2, 0) is 0 Å². The number of allylic oxidation sites excluding steroid dienone is 1. The smallest absolute Gasteiger partial charge is 0.0898 e. The van der Waals surface area contributed by atoms with E-state index in [0.29, 0.717) is 23.6 Å². The molecule has 0 bridgehead atoms. The van der Waals surface area contributed by atoms with Gasteiger partial charge in [-0.1, -0.05) is 6.92 Å². The lowest BCUT2D eigenvalue weighted by molar-refractivity contribution is 0.256. The van der Waals surface area contributed by atoms with Crippen LogP contribution < -0.4 is 5.32 Å². The fraction of sp³-hybridized carbons (Fsp3) is 0.818. The second kappa shape index (κ2) is 5.62. The van der Waals surface area contributed by atoms with E-state index >= 15 is 0 Å². The Hall–Kier alpha value is -0.210. The summed E-state index contributed by atoms with van der Waals surface area (Å²) >= 11 is 5.81. The lowest BCUT2D eigenvalue weighted by Crippen LogP contribution is -2.36. The van der Waals surface area contributed by atoms with Gasteiger partial charge in [-0.05, 0) is 37.8 Å². The first kappa shape index (κ1) is 11.9. The van der Waals surface area contributed by atoms with Gasteiger partial charge in [-0.2, -0.15) is 0 Å². The predicted octanol–water partition coefficient (Wildman–Crippen LogP) is 2.69. The number of aliphatic hydroxyl groups is 1. The summed E-state index contributed by atoms with van der Waals surface area (Å²) in [5, 5.41) is 12.7. The van der Waals surface area contributed by atoms with Crippen molar-refractivity contribution in [3.05, 3.63) is 11.8 Å². The first-order valence-corrected chi connectivity index (χ1v) is 5.82. The monoisotopic (exact) mass is 217 g/mol. The predicted molar refractivity (Wildman–Crippen MR) is 60.8 cm³/mol. The molecule has 0 aromatic carbocycles. The van der Waals surface area contributed by atoms with E-state index in [1.807, 2.05) is 13.1 Å². The number of hydrogen-bond donors (Lipinski definition) is 2. The molecule has 1 aliphatic carbocycles. The van der Waals surface area contributed by atoms with E-state index in [-0.39, 0.29) is 0 Å². The van der Waals surface area contributed by atoms with Gasteiger partial charge in [0.15, 0.2) is 0 Å². The van der Waals surface area contributed by atoms with Crippen molar-refractivity contribution >= 4 is 11.6 Å². The second-order valence-electron chi connectivity index (χ2n) is 4.29. The average Bonchev–Trinajstić information content (AvgIpc) is 2.20. The van der Waals surface area contributed by atoms with E-state index in [9.17, 15) is 5.11 Å². The van der Waals surface area contributed by atoms with Crippen LogP contribution in [-0.4, -0.2) is 24.1 Å². The molecular formula is C11H20ClNO. The molecule has 3 atom stereocenters. The van der Waals surface area contributed by atoms with Gasteiger partial charge in [0.2, 0.25) is 0 Å². The van der Waals surface area contributed by atoms with Crippen LogP contribution in [0, 0.1) is 11.8 Å². The molecule has 14 heavy (non-hydrogen) atoms. The normalized spacial score (nSPS) is 29.8. The fourth-order valence-electron chi connectivity index (χ4n) is 2.11. The van der Waals surface area contributed by atoms with Gasteiger partial charge in [0.25, 0.3) is 0 Å². The summed E-state index contributed by atoms with van der Waals surface area (Å²) in [6.45, 7) is 2.18. The van der Waals surface area contributed by atoms with Crippen molar-refractivity contribution < 1.29 is 5.11 Å². The Morgan fingerprint density at radius 3 is 3.00 bits per heavy atom. The molecule has 2 unspecified atom stereocenters. The molecule has 0 saturated carbocycles. The Morgan fingerprint density at radius 1 is 1.71 bits per heavy atom. The molecule has 3 heteroatoms. The van der Waals surface area contributed by atoms with Crippen molar-refractivity contribution in [3.8, 4) is 0 Å². The number of rotatable bonds is 4. The second-order valence-corrected chi connectivity index (χ2v) is 4.59. The SMILES string of the molecule is CNC1CC(O)=CCC1C[C@@H](C)CCl. The fourth-order valence-corrected chi connectivity index (χ4v) is 2.23. The van der Waals surface area contributed by atoms with Crippen LogP contribution in [0.15, 0.2) is 11.8 Å². The minimum Gasteiger partial charge on any atom is -0.513 e. The van der Waals surface area contributed by atoms with Crippen LogP contribution in [0.5, 0.6) is 0 Å². The highest BCUT2D eigenvalue weighted by atomic mass is 35.5. The van der Waals surface area contributed by atoms with E-state index in [1.165, 1.54) is 0 Å². The zero-order valence-corrected chi connectivity index (χ0v) is 9.72. The maximum absolute atomic E-state index is 9.41. The van der Waals surface area contributed by atoms with Crippen molar-refractivity contribution in [2.75, 3.05) is 12.9 Å². The van der Waals surface area contributed by atoms with Gasteiger partial charge in [0, 0.05) is 18.3 Å². The Morgan fingerprint density at radius 2 is 2.43 bits per heavy atom. The maximum atomic E-state index is 9.41. The molecule has 82 valence electrons. The van der Waals surface area contributed by atoms with Crippen molar-refractivity contribution in [3.63, 3.8) is 0 Å². The van der Waals surface area contributed by atoms with Crippen LogP contribution >= 0.6 is 11.6 Å².